The summed E-state index contributed by atoms with van der Waals surface area (Å²) in [6.07, 6.45) is -7.54. The summed E-state index contributed by atoms with van der Waals surface area (Å²) in [6.45, 7) is 1.73. The molecule has 2 rings (SSSR count). The van der Waals surface area contributed by atoms with Crippen LogP contribution in [0.3, 0.4) is 0 Å². The van der Waals surface area contributed by atoms with Gasteiger partial charge in [0.1, 0.15) is 5.75 Å². The zero-order valence-corrected chi connectivity index (χ0v) is 13.7. The first-order chi connectivity index (χ1) is 11.1. The Bertz CT molecular complexity index is 799. The van der Waals surface area contributed by atoms with Gasteiger partial charge in [0.2, 0.25) is 0 Å². The number of hydrogen-bond acceptors (Lipinski definition) is 4. The Hall–Kier alpha value is -2.06. The predicted octanol–water partition coefficient (Wildman–Crippen LogP) is 4.01. The summed E-state index contributed by atoms with van der Waals surface area (Å²) in [5, 5.41) is 0. The molecule has 0 aliphatic heterocycles. The van der Waals surface area contributed by atoms with Gasteiger partial charge in [0.15, 0.2) is 6.10 Å². The lowest BCUT2D eigenvalue weighted by Gasteiger charge is -2.21. The van der Waals surface area contributed by atoms with Crippen LogP contribution in [0.5, 0.6) is 5.75 Å². The lowest BCUT2D eigenvalue weighted by atomic mass is 10.1. The first kappa shape index (κ1) is 18.3. The van der Waals surface area contributed by atoms with Crippen LogP contribution >= 0.6 is 0 Å². The molecule has 0 aliphatic carbocycles. The van der Waals surface area contributed by atoms with Crippen molar-refractivity contribution >= 4 is 10.1 Å². The van der Waals surface area contributed by atoms with Crippen molar-refractivity contribution in [3.63, 3.8) is 0 Å². The number of aryl methyl sites for hydroxylation is 1. The first-order valence-electron chi connectivity index (χ1n) is 6.84. The fourth-order valence-electron chi connectivity index (χ4n) is 1.99. The van der Waals surface area contributed by atoms with E-state index in [-0.39, 0.29) is 16.2 Å². The van der Waals surface area contributed by atoms with Crippen LogP contribution < -0.4 is 4.74 Å². The average Bonchev–Trinajstić information content (AvgIpc) is 2.52. The van der Waals surface area contributed by atoms with E-state index in [4.69, 9.17) is 4.74 Å². The fourth-order valence-corrected chi connectivity index (χ4v) is 3.04. The second-order valence-corrected chi connectivity index (χ2v) is 6.63. The van der Waals surface area contributed by atoms with Crippen LogP contribution in [0.25, 0.3) is 0 Å². The van der Waals surface area contributed by atoms with E-state index in [0.717, 1.165) is 17.7 Å². The van der Waals surface area contributed by atoms with Gasteiger partial charge in [-0.05, 0) is 36.8 Å². The summed E-state index contributed by atoms with van der Waals surface area (Å²) in [6, 6.07) is 10.3. The SMILES string of the molecule is COc1cccc([C@H](OS(=O)(=O)c2ccc(C)cc2)C(F)(F)F)c1. The van der Waals surface area contributed by atoms with Crippen LogP contribution in [0.2, 0.25) is 0 Å². The largest absolute Gasteiger partial charge is 0.497 e. The van der Waals surface area contributed by atoms with Crippen molar-refractivity contribution in [3.05, 3.63) is 59.7 Å². The molecule has 4 nitrogen and oxygen atoms in total. The minimum Gasteiger partial charge on any atom is -0.497 e. The number of hydrogen-bond donors (Lipinski definition) is 0. The minimum atomic E-state index is -4.91. The first-order valence-corrected chi connectivity index (χ1v) is 8.25. The molecule has 1 atom stereocenters. The predicted molar refractivity (Wildman–Crippen MR) is 81.2 cm³/mol. The van der Waals surface area contributed by atoms with Gasteiger partial charge in [-0.1, -0.05) is 29.8 Å². The Morgan fingerprint density at radius 1 is 1.04 bits per heavy atom. The van der Waals surface area contributed by atoms with E-state index in [1.165, 1.54) is 43.5 Å². The third-order valence-corrected chi connectivity index (χ3v) is 4.52. The number of alkyl halides is 3. The fraction of sp³-hybridized carbons (Fsp3) is 0.250. The number of ether oxygens (including phenoxy) is 1. The highest BCUT2D eigenvalue weighted by atomic mass is 32.2. The summed E-state index contributed by atoms with van der Waals surface area (Å²) in [4.78, 5) is -0.342. The van der Waals surface area contributed by atoms with E-state index in [0.29, 0.717) is 0 Å². The van der Waals surface area contributed by atoms with Gasteiger partial charge in [-0.2, -0.15) is 21.6 Å². The maximum atomic E-state index is 13.3. The summed E-state index contributed by atoms with van der Waals surface area (Å²) < 4.78 is 73.7. The van der Waals surface area contributed by atoms with Crippen molar-refractivity contribution in [2.75, 3.05) is 7.11 Å². The van der Waals surface area contributed by atoms with Gasteiger partial charge in [0.05, 0.1) is 12.0 Å². The Morgan fingerprint density at radius 3 is 2.21 bits per heavy atom. The molecule has 0 spiro atoms. The molecule has 2 aromatic rings. The van der Waals surface area contributed by atoms with E-state index >= 15 is 0 Å². The smallest absolute Gasteiger partial charge is 0.420 e. The van der Waals surface area contributed by atoms with E-state index in [1.54, 1.807) is 6.92 Å². The molecular formula is C16H15F3O4S. The molecule has 0 N–H and O–H groups in total. The molecule has 0 fully saturated rings. The Balaban J connectivity index is 2.40. The summed E-state index contributed by atoms with van der Waals surface area (Å²) in [7, 11) is -3.29. The Kier molecular flexibility index (Phi) is 5.19. The lowest BCUT2D eigenvalue weighted by molar-refractivity contribution is -0.196. The molecular weight excluding hydrogens is 345 g/mol. The van der Waals surface area contributed by atoms with Crippen LogP contribution in [-0.4, -0.2) is 21.7 Å². The van der Waals surface area contributed by atoms with Crippen molar-refractivity contribution in [2.45, 2.75) is 24.1 Å². The highest BCUT2D eigenvalue weighted by molar-refractivity contribution is 7.86. The molecule has 24 heavy (non-hydrogen) atoms. The topological polar surface area (TPSA) is 52.6 Å². The summed E-state index contributed by atoms with van der Waals surface area (Å²) in [5.74, 6) is 0.165. The number of halogens is 3. The lowest BCUT2D eigenvalue weighted by Crippen LogP contribution is -2.26. The quantitative estimate of drug-likeness (QED) is 0.756. The monoisotopic (exact) mass is 360 g/mol. The normalized spacial score (nSPS) is 13.5. The van der Waals surface area contributed by atoms with Crippen molar-refractivity contribution in [1.82, 2.24) is 0 Å². The van der Waals surface area contributed by atoms with E-state index in [9.17, 15) is 21.6 Å². The number of rotatable bonds is 5. The van der Waals surface area contributed by atoms with Crippen molar-refractivity contribution < 1.29 is 30.5 Å². The zero-order chi connectivity index (χ0) is 18.0. The van der Waals surface area contributed by atoms with Crippen molar-refractivity contribution in [2.24, 2.45) is 0 Å². The van der Waals surface area contributed by atoms with Crippen molar-refractivity contribution in [1.29, 1.82) is 0 Å². The van der Waals surface area contributed by atoms with Gasteiger partial charge in [-0.15, -0.1) is 0 Å². The van der Waals surface area contributed by atoms with Crippen LogP contribution in [-0.2, 0) is 14.3 Å². The maximum absolute atomic E-state index is 13.3. The van der Waals surface area contributed by atoms with E-state index in [2.05, 4.69) is 4.18 Å². The molecule has 0 amide bonds. The van der Waals surface area contributed by atoms with Crippen LogP contribution in [0.15, 0.2) is 53.4 Å². The molecule has 130 valence electrons. The van der Waals surface area contributed by atoms with Gasteiger partial charge >= 0.3 is 6.18 Å². The molecule has 0 saturated heterocycles. The van der Waals surface area contributed by atoms with Gasteiger partial charge in [-0.3, -0.25) is 0 Å². The Morgan fingerprint density at radius 2 is 1.67 bits per heavy atom. The zero-order valence-electron chi connectivity index (χ0n) is 12.9. The Labute approximate surface area is 138 Å². The molecule has 0 aliphatic rings. The second-order valence-electron chi connectivity index (χ2n) is 5.06. The molecule has 0 aromatic heterocycles. The highest BCUT2D eigenvalue weighted by Crippen LogP contribution is 2.39. The standard InChI is InChI=1S/C16H15F3O4S/c1-11-6-8-14(9-7-11)24(20,21)23-15(16(17,18)19)12-4-3-5-13(10-12)22-2/h3-10,15H,1-2H3/t15-/m0/s1. The molecule has 8 heteroatoms. The minimum absolute atomic E-state index is 0.165. The maximum Gasteiger partial charge on any atom is 0.420 e. The van der Waals surface area contributed by atoms with E-state index < -0.39 is 22.4 Å². The molecule has 0 bridgehead atoms. The summed E-state index contributed by atoms with van der Waals surface area (Å²) >= 11 is 0. The van der Waals surface area contributed by atoms with Gasteiger partial charge < -0.3 is 4.74 Å². The molecule has 0 unspecified atom stereocenters. The summed E-state index contributed by atoms with van der Waals surface area (Å²) in [5.41, 5.74) is 0.409. The number of benzene rings is 2. The molecule has 0 saturated carbocycles. The van der Waals surface area contributed by atoms with Gasteiger partial charge in [-0.25, -0.2) is 4.18 Å². The molecule has 0 heterocycles. The van der Waals surface area contributed by atoms with Gasteiger partial charge in [0.25, 0.3) is 10.1 Å². The van der Waals surface area contributed by atoms with Crippen LogP contribution in [0.4, 0.5) is 13.2 Å². The molecule has 2 aromatic carbocycles. The van der Waals surface area contributed by atoms with E-state index in [1.807, 2.05) is 0 Å². The van der Waals surface area contributed by atoms with Crippen molar-refractivity contribution in [3.8, 4) is 5.75 Å². The van der Waals surface area contributed by atoms with Crippen LogP contribution in [0.1, 0.15) is 17.2 Å². The van der Waals surface area contributed by atoms with Gasteiger partial charge in [0, 0.05) is 0 Å². The second kappa shape index (κ2) is 6.82. The number of methoxy groups -OCH3 is 1. The molecule has 0 radical (unpaired) electrons. The van der Waals surface area contributed by atoms with Crippen LogP contribution in [0, 0.1) is 6.92 Å². The highest BCUT2D eigenvalue weighted by Gasteiger charge is 2.45. The third kappa shape index (κ3) is 4.27. The average molecular weight is 360 g/mol. The third-order valence-electron chi connectivity index (χ3n) is 3.23.